The van der Waals surface area contributed by atoms with Crippen LogP contribution < -0.4 is 11.1 Å². The zero-order valence-corrected chi connectivity index (χ0v) is 12.7. The first-order valence-corrected chi connectivity index (χ1v) is 7.38. The fourth-order valence-corrected chi connectivity index (χ4v) is 2.98. The number of anilines is 2. The molecule has 0 radical (unpaired) electrons. The first-order chi connectivity index (χ1) is 10.5. The highest BCUT2D eigenvalue weighted by Crippen LogP contribution is 2.30. The molecule has 3 rings (SSSR count). The quantitative estimate of drug-likeness (QED) is 0.673. The number of fused-ring (bicyclic) bond motifs is 1. The van der Waals surface area contributed by atoms with Gasteiger partial charge in [0.1, 0.15) is 6.04 Å². The number of benzene rings is 2. The van der Waals surface area contributed by atoms with Crippen LogP contribution in [0.1, 0.15) is 20.3 Å². The standard InChI is InChI=1S/C17H19N3O2/c1-10(2)20-15(21)9-14(17(20)22)19-13-8-4-6-11-5-3-7-12(18)16(11)13/h3-8,10,14,19H,9,18H2,1-2H3/t14-/m0/s1. The number of rotatable bonds is 3. The van der Waals surface area contributed by atoms with Gasteiger partial charge in [-0.15, -0.1) is 0 Å². The number of nitrogens with zero attached hydrogens (tertiary/aromatic N) is 1. The highest BCUT2D eigenvalue weighted by atomic mass is 16.2. The van der Waals surface area contributed by atoms with Gasteiger partial charge in [0.05, 0.1) is 6.42 Å². The third-order valence-electron chi connectivity index (χ3n) is 3.97. The molecule has 0 bridgehead atoms. The Kier molecular flexibility index (Phi) is 3.48. The van der Waals surface area contributed by atoms with Crippen molar-refractivity contribution < 1.29 is 9.59 Å². The van der Waals surface area contributed by atoms with E-state index in [0.29, 0.717) is 5.69 Å². The molecule has 2 amide bonds. The van der Waals surface area contributed by atoms with Gasteiger partial charge in [-0.25, -0.2) is 0 Å². The van der Waals surface area contributed by atoms with Crippen LogP contribution in [0.5, 0.6) is 0 Å². The summed E-state index contributed by atoms with van der Waals surface area (Å²) in [6, 6.07) is 10.8. The van der Waals surface area contributed by atoms with Gasteiger partial charge in [0.15, 0.2) is 0 Å². The maximum Gasteiger partial charge on any atom is 0.252 e. The molecular weight excluding hydrogens is 278 g/mol. The van der Waals surface area contributed by atoms with Crippen molar-refractivity contribution in [3.8, 4) is 0 Å². The van der Waals surface area contributed by atoms with E-state index in [9.17, 15) is 9.59 Å². The van der Waals surface area contributed by atoms with Gasteiger partial charge in [-0.3, -0.25) is 14.5 Å². The van der Waals surface area contributed by atoms with Gasteiger partial charge in [-0.05, 0) is 31.4 Å². The van der Waals surface area contributed by atoms with Gasteiger partial charge in [-0.2, -0.15) is 0 Å². The lowest BCUT2D eigenvalue weighted by molar-refractivity contribution is -0.140. The fourth-order valence-electron chi connectivity index (χ4n) is 2.98. The lowest BCUT2D eigenvalue weighted by Gasteiger charge is -2.20. The van der Waals surface area contributed by atoms with Crippen molar-refractivity contribution in [1.82, 2.24) is 4.90 Å². The molecule has 5 nitrogen and oxygen atoms in total. The number of nitrogen functional groups attached to an aromatic ring is 1. The van der Waals surface area contributed by atoms with Crippen molar-refractivity contribution in [3.63, 3.8) is 0 Å². The van der Waals surface area contributed by atoms with Gasteiger partial charge in [0.25, 0.3) is 5.91 Å². The molecule has 5 heteroatoms. The predicted octanol–water partition coefficient (Wildman–Crippen LogP) is 2.37. The lowest BCUT2D eigenvalue weighted by Crippen LogP contribution is -2.39. The van der Waals surface area contributed by atoms with Crippen molar-refractivity contribution in [2.75, 3.05) is 11.1 Å². The molecule has 0 aliphatic carbocycles. The largest absolute Gasteiger partial charge is 0.398 e. The number of nitrogens with one attached hydrogen (secondary N) is 1. The molecule has 2 aromatic rings. The van der Waals surface area contributed by atoms with Crippen LogP contribution in [0, 0.1) is 0 Å². The molecule has 1 fully saturated rings. The zero-order chi connectivity index (χ0) is 15.9. The normalized spacial score (nSPS) is 18.5. The van der Waals surface area contributed by atoms with Crippen molar-refractivity contribution in [2.24, 2.45) is 0 Å². The third-order valence-corrected chi connectivity index (χ3v) is 3.97. The molecule has 0 spiro atoms. The van der Waals surface area contributed by atoms with Crippen LogP contribution in [0.2, 0.25) is 0 Å². The highest BCUT2D eigenvalue weighted by molar-refractivity contribution is 6.09. The van der Waals surface area contributed by atoms with Gasteiger partial charge in [-0.1, -0.05) is 24.3 Å². The Morgan fingerprint density at radius 1 is 1.18 bits per heavy atom. The zero-order valence-electron chi connectivity index (χ0n) is 12.7. The number of hydrogen-bond acceptors (Lipinski definition) is 4. The van der Waals surface area contributed by atoms with Crippen LogP contribution in [0.4, 0.5) is 11.4 Å². The molecule has 1 aliphatic heterocycles. The number of nitrogens with two attached hydrogens (primary N) is 1. The molecule has 22 heavy (non-hydrogen) atoms. The minimum absolute atomic E-state index is 0.121. The maximum absolute atomic E-state index is 12.4. The summed E-state index contributed by atoms with van der Waals surface area (Å²) in [5.74, 6) is -0.308. The average Bonchev–Trinajstić information content (AvgIpc) is 2.73. The summed E-state index contributed by atoms with van der Waals surface area (Å²) in [6.07, 6.45) is 0.181. The number of imide groups is 1. The Morgan fingerprint density at radius 2 is 1.86 bits per heavy atom. The van der Waals surface area contributed by atoms with Gasteiger partial charge >= 0.3 is 0 Å². The van der Waals surface area contributed by atoms with Crippen LogP contribution in [0.3, 0.4) is 0 Å². The molecule has 0 saturated carbocycles. The Balaban J connectivity index is 1.95. The SMILES string of the molecule is CC(C)N1C(=O)C[C@H](Nc2cccc3cccc(N)c23)C1=O. The highest BCUT2D eigenvalue weighted by Gasteiger charge is 2.40. The molecule has 114 valence electrons. The van der Waals surface area contributed by atoms with Crippen LogP contribution in [0.15, 0.2) is 36.4 Å². The van der Waals surface area contributed by atoms with Gasteiger partial charge < -0.3 is 11.1 Å². The average molecular weight is 297 g/mol. The van der Waals surface area contributed by atoms with Crippen molar-refractivity contribution in [2.45, 2.75) is 32.4 Å². The monoisotopic (exact) mass is 297 g/mol. The minimum atomic E-state index is -0.528. The molecule has 0 unspecified atom stereocenters. The smallest absolute Gasteiger partial charge is 0.252 e. The summed E-state index contributed by atoms with van der Waals surface area (Å²) < 4.78 is 0. The summed E-state index contributed by atoms with van der Waals surface area (Å²) in [5.41, 5.74) is 7.50. The van der Waals surface area contributed by atoms with E-state index in [4.69, 9.17) is 5.73 Å². The molecular formula is C17H19N3O2. The second-order valence-corrected chi connectivity index (χ2v) is 5.85. The van der Waals surface area contributed by atoms with E-state index in [1.165, 1.54) is 4.90 Å². The molecule has 2 aromatic carbocycles. The van der Waals surface area contributed by atoms with Crippen molar-refractivity contribution in [3.05, 3.63) is 36.4 Å². The predicted molar refractivity (Wildman–Crippen MR) is 87.4 cm³/mol. The summed E-state index contributed by atoms with van der Waals surface area (Å²) in [4.78, 5) is 25.7. The van der Waals surface area contributed by atoms with Gasteiger partial charge in [0.2, 0.25) is 5.91 Å². The van der Waals surface area contributed by atoms with E-state index in [0.717, 1.165) is 16.5 Å². The fraction of sp³-hybridized carbons (Fsp3) is 0.294. The van der Waals surface area contributed by atoms with Crippen LogP contribution in [-0.2, 0) is 9.59 Å². The molecule has 1 aliphatic rings. The van der Waals surface area contributed by atoms with Crippen LogP contribution in [0.25, 0.3) is 10.8 Å². The Bertz CT molecular complexity index is 749. The first kappa shape index (κ1) is 14.4. The van der Waals surface area contributed by atoms with E-state index >= 15 is 0 Å². The van der Waals surface area contributed by atoms with E-state index in [2.05, 4.69) is 5.32 Å². The molecule has 1 atom stereocenters. The summed E-state index contributed by atoms with van der Waals surface area (Å²) in [5, 5.41) is 5.08. The van der Waals surface area contributed by atoms with Gasteiger partial charge in [0, 0.05) is 22.8 Å². The number of carbonyl (C=O) groups is 2. The molecule has 1 heterocycles. The maximum atomic E-state index is 12.4. The van der Waals surface area contributed by atoms with Crippen molar-refractivity contribution in [1.29, 1.82) is 0 Å². The van der Waals surface area contributed by atoms with Crippen LogP contribution in [-0.4, -0.2) is 28.8 Å². The third kappa shape index (κ3) is 2.28. The number of amides is 2. The van der Waals surface area contributed by atoms with E-state index < -0.39 is 6.04 Å². The van der Waals surface area contributed by atoms with Crippen molar-refractivity contribution >= 4 is 34.0 Å². The molecule has 3 N–H and O–H groups in total. The number of carbonyl (C=O) groups excluding carboxylic acids is 2. The van der Waals surface area contributed by atoms with E-state index in [-0.39, 0.29) is 24.3 Å². The Hall–Kier alpha value is -2.56. The summed E-state index contributed by atoms with van der Waals surface area (Å²) >= 11 is 0. The lowest BCUT2D eigenvalue weighted by atomic mass is 10.1. The van der Waals surface area contributed by atoms with E-state index in [1.807, 2.05) is 50.2 Å². The number of hydrogen-bond donors (Lipinski definition) is 2. The first-order valence-electron chi connectivity index (χ1n) is 7.38. The second-order valence-electron chi connectivity index (χ2n) is 5.85. The van der Waals surface area contributed by atoms with Crippen LogP contribution >= 0.6 is 0 Å². The summed E-state index contributed by atoms with van der Waals surface area (Å²) in [6.45, 7) is 3.68. The summed E-state index contributed by atoms with van der Waals surface area (Å²) in [7, 11) is 0. The topological polar surface area (TPSA) is 75.4 Å². The minimum Gasteiger partial charge on any atom is -0.398 e. The molecule has 0 aromatic heterocycles. The molecule has 1 saturated heterocycles. The Morgan fingerprint density at radius 3 is 2.50 bits per heavy atom. The second kappa shape index (κ2) is 5.33. The Labute approximate surface area is 129 Å². The van der Waals surface area contributed by atoms with E-state index in [1.54, 1.807) is 0 Å². The number of likely N-dealkylation sites (tertiary alicyclic amines) is 1.